The highest BCUT2D eigenvalue weighted by atomic mass is 32.1. The normalized spacial score (nSPS) is 11.4. The Morgan fingerprint density at radius 3 is 2.56 bits per heavy atom. The SMILES string of the molecule is CC(C)(Oc1ccc(CCOc2nc3ccccc3s2)cc1)C(=O)O. The van der Waals surface area contributed by atoms with Gasteiger partial charge in [0.05, 0.1) is 16.8 Å². The van der Waals surface area contributed by atoms with E-state index in [2.05, 4.69) is 4.98 Å². The Kier molecular flexibility index (Phi) is 4.90. The Morgan fingerprint density at radius 2 is 1.88 bits per heavy atom. The van der Waals surface area contributed by atoms with Gasteiger partial charge in [-0.1, -0.05) is 35.6 Å². The fraction of sp³-hybridized carbons (Fsp3) is 0.263. The molecule has 0 amide bonds. The standard InChI is InChI=1S/C19H19NO4S/c1-19(2,17(21)22)24-14-9-7-13(8-10-14)11-12-23-18-20-15-5-3-4-6-16(15)25-18/h3-10H,11-12H2,1-2H3,(H,21,22). The molecule has 0 spiro atoms. The van der Waals surface area contributed by atoms with Crippen molar-refractivity contribution in [3.8, 4) is 10.9 Å². The van der Waals surface area contributed by atoms with E-state index in [0.29, 0.717) is 17.6 Å². The number of hydrogen-bond acceptors (Lipinski definition) is 5. The number of hydrogen-bond donors (Lipinski definition) is 1. The lowest BCUT2D eigenvalue weighted by Crippen LogP contribution is -2.37. The number of para-hydroxylation sites is 1. The van der Waals surface area contributed by atoms with Gasteiger partial charge in [-0.25, -0.2) is 9.78 Å². The maximum Gasteiger partial charge on any atom is 0.347 e. The molecule has 25 heavy (non-hydrogen) atoms. The molecule has 0 bridgehead atoms. The lowest BCUT2D eigenvalue weighted by Gasteiger charge is -2.21. The van der Waals surface area contributed by atoms with Gasteiger partial charge in [-0.05, 0) is 43.7 Å². The summed E-state index contributed by atoms with van der Waals surface area (Å²) in [6.45, 7) is 3.57. The highest BCUT2D eigenvalue weighted by molar-refractivity contribution is 7.20. The van der Waals surface area contributed by atoms with Gasteiger partial charge in [-0.3, -0.25) is 0 Å². The average Bonchev–Trinajstić information content (AvgIpc) is 2.99. The van der Waals surface area contributed by atoms with E-state index in [0.717, 1.165) is 22.2 Å². The number of fused-ring (bicyclic) bond motifs is 1. The first-order valence-electron chi connectivity index (χ1n) is 7.94. The topological polar surface area (TPSA) is 68.7 Å². The summed E-state index contributed by atoms with van der Waals surface area (Å²) in [5, 5.41) is 9.76. The van der Waals surface area contributed by atoms with Crippen LogP contribution in [0.1, 0.15) is 19.4 Å². The largest absolute Gasteiger partial charge is 0.478 e. The number of thiazole rings is 1. The van der Waals surface area contributed by atoms with Gasteiger partial charge in [0.25, 0.3) is 5.19 Å². The first-order valence-corrected chi connectivity index (χ1v) is 8.75. The summed E-state index contributed by atoms with van der Waals surface area (Å²) in [4.78, 5) is 15.5. The van der Waals surface area contributed by atoms with Crippen LogP contribution >= 0.6 is 11.3 Å². The maximum absolute atomic E-state index is 11.1. The van der Waals surface area contributed by atoms with Crippen LogP contribution in [0.15, 0.2) is 48.5 Å². The van der Waals surface area contributed by atoms with Crippen LogP contribution in [0.2, 0.25) is 0 Å². The Bertz CT molecular complexity index is 838. The third-order valence-corrected chi connectivity index (χ3v) is 4.65. The highest BCUT2D eigenvalue weighted by Crippen LogP contribution is 2.27. The molecule has 0 saturated carbocycles. The quantitative estimate of drug-likeness (QED) is 0.688. The van der Waals surface area contributed by atoms with E-state index in [1.807, 2.05) is 36.4 Å². The predicted molar refractivity (Wildman–Crippen MR) is 97.6 cm³/mol. The number of rotatable bonds is 7. The van der Waals surface area contributed by atoms with Crippen LogP contribution in [0.5, 0.6) is 10.9 Å². The summed E-state index contributed by atoms with van der Waals surface area (Å²) in [7, 11) is 0. The average molecular weight is 357 g/mol. The Labute approximate surface area is 149 Å². The number of ether oxygens (including phenoxy) is 2. The summed E-state index contributed by atoms with van der Waals surface area (Å²) >= 11 is 1.53. The zero-order chi connectivity index (χ0) is 17.9. The van der Waals surface area contributed by atoms with Gasteiger partial charge >= 0.3 is 5.97 Å². The molecule has 3 aromatic rings. The lowest BCUT2D eigenvalue weighted by molar-refractivity contribution is -0.152. The monoisotopic (exact) mass is 357 g/mol. The molecule has 0 radical (unpaired) electrons. The van der Waals surface area contributed by atoms with Crippen molar-refractivity contribution in [3.05, 3.63) is 54.1 Å². The van der Waals surface area contributed by atoms with Gasteiger partial charge in [0.15, 0.2) is 5.60 Å². The third-order valence-electron chi connectivity index (χ3n) is 3.70. The molecule has 5 nitrogen and oxygen atoms in total. The number of carbonyl (C=O) groups is 1. The fourth-order valence-corrected chi connectivity index (χ4v) is 3.07. The van der Waals surface area contributed by atoms with Crippen LogP contribution in [-0.4, -0.2) is 28.3 Å². The van der Waals surface area contributed by atoms with E-state index < -0.39 is 11.6 Å². The molecule has 1 heterocycles. The van der Waals surface area contributed by atoms with Gasteiger partial charge in [-0.15, -0.1) is 0 Å². The summed E-state index contributed by atoms with van der Waals surface area (Å²) in [5.41, 5.74) is 0.781. The smallest absolute Gasteiger partial charge is 0.347 e. The number of aromatic nitrogens is 1. The molecular weight excluding hydrogens is 338 g/mol. The van der Waals surface area contributed by atoms with Gasteiger partial charge < -0.3 is 14.6 Å². The molecule has 1 aromatic heterocycles. The molecule has 0 aliphatic heterocycles. The van der Waals surface area contributed by atoms with E-state index in [-0.39, 0.29) is 0 Å². The van der Waals surface area contributed by atoms with Gasteiger partial charge in [0, 0.05) is 6.42 Å². The minimum absolute atomic E-state index is 0.528. The third kappa shape index (κ3) is 4.28. The number of benzene rings is 2. The van der Waals surface area contributed by atoms with E-state index in [1.165, 1.54) is 25.2 Å². The minimum atomic E-state index is -1.25. The fourth-order valence-electron chi connectivity index (χ4n) is 2.23. The molecule has 0 atom stereocenters. The predicted octanol–water partition coefficient (Wildman–Crippen LogP) is 4.16. The molecule has 0 unspecified atom stereocenters. The first kappa shape index (κ1) is 17.2. The van der Waals surface area contributed by atoms with Crippen molar-refractivity contribution >= 4 is 27.5 Å². The van der Waals surface area contributed by atoms with Crippen molar-refractivity contribution in [1.29, 1.82) is 0 Å². The van der Waals surface area contributed by atoms with Crippen molar-refractivity contribution in [1.82, 2.24) is 4.98 Å². The van der Waals surface area contributed by atoms with Crippen molar-refractivity contribution in [2.24, 2.45) is 0 Å². The van der Waals surface area contributed by atoms with Crippen LogP contribution in [0, 0.1) is 0 Å². The maximum atomic E-state index is 11.1. The number of aliphatic carboxylic acids is 1. The highest BCUT2D eigenvalue weighted by Gasteiger charge is 2.29. The number of carboxylic acid groups (broad SMARTS) is 1. The van der Waals surface area contributed by atoms with E-state index in [9.17, 15) is 4.79 Å². The molecule has 1 N–H and O–H groups in total. The van der Waals surface area contributed by atoms with Crippen LogP contribution in [-0.2, 0) is 11.2 Å². The van der Waals surface area contributed by atoms with Crippen LogP contribution in [0.25, 0.3) is 10.2 Å². The number of nitrogens with zero attached hydrogens (tertiary/aromatic N) is 1. The molecule has 3 rings (SSSR count). The van der Waals surface area contributed by atoms with Gasteiger partial charge in [0.1, 0.15) is 5.75 Å². The molecule has 130 valence electrons. The van der Waals surface area contributed by atoms with E-state index >= 15 is 0 Å². The second-order valence-corrected chi connectivity index (χ2v) is 7.10. The molecule has 0 fully saturated rings. The molecule has 0 aliphatic carbocycles. The van der Waals surface area contributed by atoms with Crippen LogP contribution < -0.4 is 9.47 Å². The molecular formula is C19H19NO4S. The Morgan fingerprint density at radius 1 is 1.16 bits per heavy atom. The van der Waals surface area contributed by atoms with E-state index in [1.54, 1.807) is 12.1 Å². The zero-order valence-electron chi connectivity index (χ0n) is 14.1. The summed E-state index contributed by atoms with van der Waals surface area (Å²) < 4.78 is 12.3. The van der Waals surface area contributed by atoms with Crippen molar-refractivity contribution in [2.45, 2.75) is 25.9 Å². The Hall–Kier alpha value is -2.60. The van der Waals surface area contributed by atoms with Gasteiger partial charge in [-0.2, -0.15) is 0 Å². The molecule has 6 heteroatoms. The van der Waals surface area contributed by atoms with Gasteiger partial charge in [0.2, 0.25) is 0 Å². The molecule has 0 saturated heterocycles. The minimum Gasteiger partial charge on any atom is -0.478 e. The molecule has 2 aromatic carbocycles. The number of carboxylic acids is 1. The van der Waals surface area contributed by atoms with Crippen LogP contribution in [0.3, 0.4) is 0 Å². The zero-order valence-corrected chi connectivity index (χ0v) is 14.9. The van der Waals surface area contributed by atoms with Crippen LogP contribution in [0.4, 0.5) is 0 Å². The van der Waals surface area contributed by atoms with E-state index in [4.69, 9.17) is 14.6 Å². The van der Waals surface area contributed by atoms with Crippen molar-refractivity contribution in [2.75, 3.05) is 6.61 Å². The summed E-state index contributed by atoms with van der Waals surface area (Å²) in [6.07, 6.45) is 0.735. The summed E-state index contributed by atoms with van der Waals surface area (Å²) in [5.74, 6) is -0.468. The first-order chi connectivity index (χ1) is 11.9. The summed E-state index contributed by atoms with van der Waals surface area (Å²) in [6, 6.07) is 15.3. The molecule has 0 aliphatic rings. The van der Waals surface area contributed by atoms with Crippen molar-refractivity contribution in [3.63, 3.8) is 0 Å². The Balaban J connectivity index is 1.54. The lowest BCUT2D eigenvalue weighted by atomic mass is 10.1. The van der Waals surface area contributed by atoms with Crippen molar-refractivity contribution < 1.29 is 19.4 Å². The second-order valence-electron chi connectivity index (χ2n) is 6.11. The second kappa shape index (κ2) is 7.11.